The topological polar surface area (TPSA) is 96.3 Å². The second-order valence-electron chi connectivity index (χ2n) is 6.03. The summed E-state index contributed by atoms with van der Waals surface area (Å²) in [5.74, 6) is 1.66. The van der Waals surface area contributed by atoms with E-state index >= 15 is 0 Å². The van der Waals surface area contributed by atoms with E-state index in [0.29, 0.717) is 41.6 Å². The molecule has 1 amide bonds. The number of fused-ring (bicyclic) bond motifs is 1. The SMILES string of the molecule is N#Cc1ccccc1NC(=O)c1ccc(Nc2ccc3c(c2)OCCO3)nc1. The minimum absolute atomic E-state index is 0.332. The highest BCUT2D eigenvalue weighted by Gasteiger charge is 2.13. The zero-order valence-electron chi connectivity index (χ0n) is 14.8. The Morgan fingerprint density at radius 2 is 1.86 bits per heavy atom. The van der Waals surface area contributed by atoms with Gasteiger partial charge in [-0.25, -0.2) is 4.98 Å². The van der Waals surface area contributed by atoms with Gasteiger partial charge in [-0.1, -0.05) is 12.1 Å². The third-order valence-corrected chi connectivity index (χ3v) is 4.14. The van der Waals surface area contributed by atoms with Crippen molar-refractivity contribution in [3.8, 4) is 17.6 Å². The maximum atomic E-state index is 12.4. The van der Waals surface area contributed by atoms with Gasteiger partial charge in [0.1, 0.15) is 25.1 Å². The van der Waals surface area contributed by atoms with Gasteiger partial charge in [-0.3, -0.25) is 4.79 Å². The number of hydrogen-bond donors (Lipinski definition) is 2. The first-order valence-electron chi connectivity index (χ1n) is 8.66. The van der Waals surface area contributed by atoms with E-state index in [0.717, 1.165) is 11.4 Å². The summed E-state index contributed by atoms with van der Waals surface area (Å²) in [7, 11) is 0. The number of ether oxygens (including phenoxy) is 2. The molecule has 0 bridgehead atoms. The van der Waals surface area contributed by atoms with Crippen molar-refractivity contribution in [3.63, 3.8) is 0 Å². The van der Waals surface area contributed by atoms with E-state index in [-0.39, 0.29) is 5.91 Å². The molecule has 0 saturated heterocycles. The Hall–Kier alpha value is -4.05. The number of nitrogens with one attached hydrogen (secondary N) is 2. The lowest BCUT2D eigenvalue weighted by molar-refractivity contribution is 0.102. The summed E-state index contributed by atoms with van der Waals surface area (Å²) in [5.41, 5.74) is 2.06. The van der Waals surface area contributed by atoms with Gasteiger partial charge in [0.05, 0.1) is 16.8 Å². The first-order valence-corrected chi connectivity index (χ1v) is 8.66. The van der Waals surface area contributed by atoms with Gasteiger partial charge >= 0.3 is 0 Å². The zero-order valence-corrected chi connectivity index (χ0v) is 14.8. The second-order valence-corrected chi connectivity index (χ2v) is 6.03. The maximum absolute atomic E-state index is 12.4. The van der Waals surface area contributed by atoms with Gasteiger partial charge in [0.25, 0.3) is 5.91 Å². The summed E-state index contributed by atoms with van der Waals surface area (Å²) in [6.45, 7) is 1.07. The Morgan fingerprint density at radius 3 is 2.64 bits per heavy atom. The molecule has 2 aromatic carbocycles. The largest absolute Gasteiger partial charge is 0.486 e. The number of nitriles is 1. The highest BCUT2D eigenvalue weighted by atomic mass is 16.6. The number of benzene rings is 2. The van der Waals surface area contributed by atoms with Crippen LogP contribution in [0.15, 0.2) is 60.8 Å². The molecule has 0 saturated carbocycles. The van der Waals surface area contributed by atoms with E-state index in [2.05, 4.69) is 21.7 Å². The summed E-state index contributed by atoms with van der Waals surface area (Å²) in [4.78, 5) is 16.7. The predicted molar refractivity (Wildman–Crippen MR) is 104 cm³/mol. The van der Waals surface area contributed by atoms with Crippen LogP contribution in [0.25, 0.3) is 0 Å². The fraction of sp³-hybridized carbons (Fsp3) is 0.0952. The third-order valence-electron chi connectivity index (χ3n) is 4.14. The van der Waals surface area contributed by atoms with E-state index in [4.69, 9.17) is 14.7 Å². The van der Waals surface area contributed by atoms with Crippen LogP contribution in [0.2, 0.25) is 0 Å². The third kappa shape index (κ3) is 3.71. The number of amides is 1. The Morgan fingerprint density at radius 1 is 1.04 bits per heavy atom. The van der Waals surface area contributed by atoms with Crippen molar-refractivity contribution in [2.24, 2.45) is 0 Å². The first-order chi connectivity index (χ1) is 13.7. The maximum Gasteiger partial charge on any atom is 0.257 e. The van der Waals surface area contributed by atoms with Crippen molar-refractivity contribution < 1.29 is 14.3 Å². The second kappa shape index (κ2) is 7.68. The quantitative estimate of drug-likeness (QED) is 0.725. The molecule has 0 radical (unpaired) electrons. The van der Waals surface area contributed by atoms with E-state index in [1.54, 1.807) is 36.4 Å². The molecule has 1 aromatic heterocycles. The number of pyridine rings is 1. The van der Waals surface area contributed by atoms with Crippen molar-refractivity contribution in [3.05, 3.63) is 71.9 Å². The number of carbonyl (C=O) groups is 1. The number of anilines is 3. The number of para-hydroxylation sites is 1. The number of aromatic nitrogens is 1. The monoisotopic (exact) mass is 372 g/mol. The predicted octanol–water partition coefficient (Wildman–Crippen LogP) is 3.72. The van der Waals surface area contributed by atoms with E-state index < -0.39 is 0 Å². The summed E-state index contributed by atoms with van der Waals surface area (Å²) in [5, 5.41) is 15.0. The Balaban J connectivity index is 1.45. The van der Waals surface area contributed by atoms with Crippen LogP contribution in [0.4, 0.5) is 17.2 Å². The molecule has 0 fully saturated rings. The van der Waals surface area contributed by atoms with Crippen LogP contribution in [-0.4, -0.2) is 24.1 Å². The van der Waals surface area contributed by atoms with Crippen molar-refractivity contribution >= 4 is 23.1 Å². The van der Waals surface area contributed by atoms with Gasteiger partial charge < -0.3 is 20.1 Å². The molecule has 0 atom stereocenters. The van der Waals surface area contributed by atoms with Gasteiger partial charge in [0, 0.05) is 18.0 Å². The standard InChI is InChI=1S/C21H16N4O3/c22-12-14-3-1-2-4-17(14)25-21(26)15-5-8-20(23-13-15)24-16-6-7-18-19(11-16)28-10-9-27-18/h1-8,11,13H,9-10H2,(H,23,24)(H,25,26). The molecule has 4 rings (SSSR count). The number of carbonyl (C=O) groups excluding carboxylic acids is 1. The number of rotatable bonds is 4. The highest BCUT2D eigenvalue weighted by molar-refractivity contribution is 6.04. The average molecular weight is 372 g/mol. The zero-order chi connectivity index (χ0) is 19.3. The fourth-order valence-electron chi connectivity index (χ4n) is 2.76. The summed E-state index contributed by atoms with van der Waals surface area (Å²) >= 11 is 0. The normalized spacial score (nSPS) is 12.0. The lowest BCUT2D eigenvalue weighted by Gasteiger charge is -2.19. The Kier molecular flexibility index (Phi) is 4.76. The van der Waals surface area contributed by atoms with Gasteiger partial charge in [-0.2, -0.15) is 5.26 Å². The number of hydrogen-bond acceptors (Lipinski definition) is 6. The van der Waals surface area contributed by atoms with Crippen molar-refractivity contribution in [1.82, 2.24) is 4.98 Å². The lowest BCUT2D eigenvalue weighted by atomic mass is 10.2. The van der Waals surface area contributed by atoms with Crippen LogP contribution >= 0.6 is 0 Å². The molecule has 0 spiro atoms. The molecule has 7 heteroatoms. The summed E-state index contributed by atoms with van der Waals surface area (Å²) in [6, 6.07) is 17.8. The average Bonchev–Trinajstić information content (AvgIpc) is 2.74. The van der Waals surface area contributed by atoms with Gasteiger partial charge in [-0.05, 0) is 36.4 Å². The van der Waals surface area contributed by atoms with Crippen LogP contribution in [0, 0.1) is 11.3 Å². The molecule has 1 aliphatic rings. The number of nitrogens with zero attached hydrogens (tertiary/aromatic N) is 2. The van der Waals surface area contributed by atoms with E-state index in [1.807, 2.05) is 18.2 Å². The molecule has 1 aliphatic heterocycles. The highest BCUT2D eigenvalue weighted by Crippen LogP contribution is 2.33. The molecule has 0 aliphatic carbocycles. The molecular weight excluding hydrogens is 356 g/mol. The molecule has 138 valence electrons. The minimum atomic E-state index is -0.332. The van der Waals surface area contributed by atoms with Crippen molar-refractivity contribution in [2.45, 2.75) is 0 Å². The molecular formula is C21H16N4O3. The fourth-order valence-corrected chi connectivity index (χ4v) is 2.76. The summed E-state index contributed by atoms with van der Waals surface area (Å²) in [6.07, 6.45) is 1.48. The van der Waals surface area contributed by atoms with Crippen LogP contribution in [0.5, 0.6) is 11.5 Å². The van der Waals surface area contributed by atoms with Crippen LogP contribution in [0.3, 0.4) is 0 Å². The molecule has 2 N–H and O–H groups in total. The molecule has 3 aromatic rings. The molecule has 2 heterocycles. The Bertz CT molecular complexity index is 1060. The van der Waals surface area contributed by atoms with Crippen LogP contribution in [0.1, 0.15) is 15.9 Å². The van der Waals surface area contributed by atoms with Crippen LogP contribution in [-0.2, 0) is 0 Å². The molecule has 28 heavy (non-hydrogen) atoms. The van der Waals surface area contributed by atoms with Crippen molar-refractivity contribution in [1.29, 1.82) is 5.26 Å². The minimum Gasteiger partial charge on any atom is -0.486 e. The first kappa shape index (κ1) is 17.4. The van der Waals surface area contributed by atoms with Crippen molar-refractivity contribution in [2.75, 3.05) is 23.8 Å². The van der Waals surface area contributed by atoms with Gasteiger partial charge in [0.15, 0.2) is 11.5 Å². The molecule has 7 nitrogen and oxygen atoms in total. The lowest BCUT2D eigenvalue weighted by Crippen LogP contribution is -2.15. The van der Waals surface area contributed by atoms with Crippen LogP contribution < -0.4 is 20.1 Å². The van der Waals surface area contributed by atoms with Gasteiger partial charge in [-0.15, -0.1) is 0 Å². The van der Waals surface area contributed by atoms with E-state index in [1.165, 1.54) is 6.20 Å². The molecule has 0 unspecified atom stereocenters. The Labute approximate surface area is 161 Å². The summed E-state index contributed by atoms with van der Waals surface area (Å²) < 4.78 is 11.1. The van der Waals surface area contributed by atoms with Gasteiger partial charge in [0.2, 0.25) is 0 Å². The van der Waals surface area contributed by atoms with E-state index in [9.17, 15) is 4.79 Å². The smallest absolute Gasteiger partial charge is 0.257 e.